The highest BCUT2D eigenvalue weighted by atomic mass is 16.5. The fourth-order valence-electron chi connectivity index (χ4n) is 1.89. The maximum atomic E-state index is 5.54. The Morgan fingerprint density at radius 3 is 2.83 bits per heavy atom. The number of hydrogen-bond donors (Lipinski definition) is 1. The van der Waals surface area contributed by atoms with Gasteiger partial charge in [0.2, 0.25) is 0 Å². The van der Waals surface area contributed by atoms with E-state index in [4.69, 9.17) is 4.74 Å². The summed E-state index contributed by atoms with van der Waals surface area (Å²) < 4.78 is 5.54. The Morgan fingerprint density at radius 2 is 2.25 bits per heavy atom. The molecule has 2 heteroatoms. The van der Waals surface area contributed by atoms with E-state index in [0.717, 1.165) is 19.1 Å². The van der Waals surface area contributed by atoms with Crippen LogP contribution in [0.3, 0.4) is 0 Å². The van der Waals surface area contributed by atoms with Crippen LogP contribution in [0.4, 0.5) is 0 Å². The molecule has 12 heavy (non-hydrogen) atoms. The van der Waals surface area contributed by atoms with Gasteiger partial charge in [-0.15, -0.1) is 0 Å². The Balaban J connectivity index is 1.60. The third-order valence-corrected chi connectivity index (χ3v) is 3.02. The molecule has 0 aromatic rings. The Labute approximate surface area is 74.7 Å². The molecule has 1 aliphatic carbocycles. The monoisotopic (exact) mass is 169 g/mol. The highest BCUT2D eigenvalue weighted by Crippen LogP contribution is 2.32. The Kier molecular flexibility index (Phi) is 2.66. The molecule has 2 aliphatic rings. The lowest BCUT2D eigenvalue weighted by Crippen LogP contribution is -2.34. The van der Waals surface area contributed by atoms with Gasteiger partial charge in [-0.2, -0.15) is 0 Å². The average molecular weight is 169 g/mol. The molecule has 0 amide bonds. The zero-order valence-electron chi connectivity index (χ0n) is 7.88. The second-order valence-electron chi connectivity index (χ2n) is 4.17. The minimum atomic E-state index is 0.506. The summed E-state index contributed by atoms with van der Waals surface area (Å²) in [5.41, 5.74) is 0. The molecule has 1 heterocycles. The minimum Gasteiger partial charge on any atom is -0.377 e. The summed E-state index contributed by atoms with van der Waals surface area (Å²) in [6.07, 6.45) is 5.87. The summed E-state index contributed by atoms with van der Waals surface area (Å²) in [4.78, 5) is 0. The maximum absolute atomic E-state index is 5.54. The molecule has 1 N–H and O–H groups in total. The highest BCUT2D eigenvalue weighted by molar-refractivity contribution is 4.84. The maximum Gasteiger partial charge on any atom is 0.0700 e. The van der Waals surface area contributed by atoms with Gasteiger partial charge in [0, 0.05) is 19.2 Å². The second kappa shape index (κ2) is 3.75. The van der Waals surface area contributed by atoms with Gasteiger partial charge in [-0.05, 0) is 38.5 Å². The Morgan fingerprint density at radius 1 is 1.42 bits per heavy atom. The number of rotatable bonds is 4. The van der Waals surface area contributed by atoms with Gasteiger partial charge in [-0.1, -0.05) is 0 Å². The summed E-state index contributed by atoms with van der Waals surface area (Å²) >= 11 is 0. The van der Waals surface area contributed by atoms with Crippen LogP contribution in [0, 0.1) is 5.92 Å². The molecule has 1 saturated heterocycles. The lowest BCUT2D eigenvalue weighted by molar-refractivity contribution is 0.107. The zero-order valence-corrected chi connectivity index (χ0v) is 7.88. The van der Waals surface area contributed by atoms with Gasteiger partial charge in [0.15, 0.2) is 0 Å². The predicted octanol–water partition coefficient (Wildman–Crippen LogP) is 1.55. The molecular formula is C10H19NO. The predicted molar refractivity (Wildman–Crippen MR) is 49.2 cm³/mol. The number of hydrogen-bond acceptors (Lipinski definition) is 2. The van der Waals surface area contributed by atoms with Gasteiger partial charge in [0.05, 0.1) is 6.10 Å². The summed E-state index contributed by atoms with van der Waals surface area (Å²) in [5, 5.41) is 3.56. The van der Waals surface area contributed by atoms with Crippen LogP contribution in [0.5, 0.6) is 0 Å². The van der Waals surface area contributed by atoms with Crippen LogP contribution in [0.2, 0.25) is 0 Å². The number of nitrogens with one attached hydrogen (secondary N) is 1. The highest BCUT2D eigenvalue weighted by Gasteiger charge is 2.28. The molecule has 1 aliphatic heterocycles. The van der Waals surface area contributed by atoms with Crippen LogP contribution in [-0.2, 0) is 4.74 Å². The van der Waals surface area contributed by atoms with Crippen LogP contribution >= 0.6 is 0 Å². The van der Waals surface area contributed by atoms with E-state index in [1.165, 1.54) is 25.7 Å². The molecule has 70 valence electrons. The zero-order chi connectivity index (χ0) is 8.39. The molecule has 0 bridgehead atoms. The molecule has 2 atom stereocenters. The van der Waals surface area contributed by atoms with Gasteiger partial charge in [0.1, 0.15) is 0 Å². The van der Waals surface area contributed by atoms with Crippen molar-refractivity contribution in [3.8, 4) is 0 Å². The van der Waals surface area contributed by atoms with E-state index in [1.807, 2.05) is 0 Å². The molecule has 2 rings (SSSR count). The van der Waals surface area contributed by atoms with Crippen molar-refractivity contribution >= 4 is 0 Å². The lowest BCUT2D eigenvalue weighted by Gasteiger charge is -2.15. The fraction of sp³-hybridized carbons (Fsp3) is 1.00. The first-order valence-electron chi connectivity index (χ1n) is 5.21. The molecule has 0 radical (unpaired) electrons. The molecule has 0 aromatic heterocycles. The normalized spacial score (nSPS) is 32.2. The molecule has 0 spiro atoms. The SMILES string of the molecule is CC(NCC1CCCO1)C1CC1. The summed E-state index contributed by atoms with van der Waals surface area (Å²) in [5.74, 6) is 0.964. The van der Waals surface area contributed by atoms with E-state index in [-0.39, 0.29) is 0 Å². The van der Waals surface area contributed by atoms with Gasteiger partial charge in [-0.25, -0.2) is 0 Å². The second-order valence-corrected chi connectivity index (χ2v) is 4.17. The topological polar surface area (TPSA) is 21.3 Å². The molecule has 0 aromatic carbocycles. The van der Waals surface area contributed by atoms with Crippen molar-refractivity contribution in [1.29, 1.82) is 0 Å². The van der Waals surface area contributed by atoms with Crippen LogP contribution in [0.15, 0.2) is 0 Å². The van der Waals surface area contributed by atoms with E-state index in [1.54, 1.807) is 0 Å². The van der Waals surface area contributed by atoms with Crippen molar-refractivity contribution in [2.45, 2.75) is 44.8 Å². The minimum absolute atomic E-state index is 0.506. The Bertz CT molecular complexity index is 137. The number of ether oxygens (including phenoxy) is 1. The Hall–Kier alpha value is -0.0800. The first-order valence-corrected chi connectivity index (χ1v) is 5.21. The largest absolute Gasteiger partial charge is 0.377 e. The first kappa shape index (κ1) is 8.52. The molecule has 2 fully saturated rings. The van der Waals surface area contributed by atoms with Crippen molar-refractivity contribution in [2.24, 2.45) is 5.92 Å². The van der Waals surface area contributed by atoms with Crippen LogP contribution < -0.4 is 5.32 Å². The summed E-state index contributed by atoms with van der Waals surface area (Å²) in [6, 6.07) is 0.717. The fourth-order valence-corrected chi connectivity index (χ4v) is 1.89. The van der Waals surface area contributed by atoms with E-state index in [9.17, 15) is 0 Å². The van der Waals surface area contributed by atoms with Gasteiger partial charge in [0.25, 0.3) is 0 Å². The van der Waals surface area contributed by atoms with Gasteiger partial charge >= 0.3 is 0 Å². The lowest BCUT2D eigenvalue weighted by atomic mass is 10.2. The summed E-state index contributed by atoms with van der Waals surface area (Å²) in [7, 11) is 0. The van der Waals surface area contributed by atoms with Crippen molar-refractivity contribution in [1.82, 2.24) is 5.32 Å². The van der Waals surface area contributed by atoms with Gasteiger partial charge in [-0.3, -0.25) is 0 Å². The van der Waals surface area contributed by atoms with E-state index < -0.39 is 0 Å². The van der Waals surface area contributed by atoms with Crippen LogP contribution in [0.1, 0.15) is 32.6 Å². The van der Waals surface area contributed by atoms with Crippen LogP contribution in [0.25, 0.3) is 0 Å². The molecule has 2 nitrogen and oxygen atoms in total. The molecule has 2 unspecified atom stereocenters. The van der Waals surface area contributed by atoms with Crippen molar-refractivity contribution in [3.05, 3.63) is 0 Å². The molecular weight excluding hydrogens is 150 g/mol. The van der Waals surface area contributed by atoms with Crippen molar-refractivity contribution < 1.29 is 4.74 Å². The third-order valence-electron chi connectivity index (χ3n) is 3.02. The van der Waals surface area contributed by atoms with Crippen molar-refractivity contribution in [3.63, 3.8) is 0 Å². The van der Waals surface area contributed by atoms with E-state index in [2.05, 4.69) is 12.2 Å². The van der Waals surface area contributed by atoms with E-state index in [0.29, 0.717) is 12.1 Å². The summed E-state index contributed by atoms with van der Waals surface area (Å²) in [6.45, 7) is 4.34. The quantitative estimate of drug-likeness (QED) is 0.689. The average Bonchev–Trinajstić information content (AvgIpc) is 2.80. The smallest absolute Gasteiger partial charge is 0.0700 e. The molecule has 1 saturated carbocycles. The standard InChI is InChI=1S/C10H19NO/c1-8(9-4-5-9)11-7-10-3-2-6-12-10/h8-11H,2-7H2,1H3. The first-order chi connectivity index (χ1) is 5.86. The third kappa shape index (κ3) is 2.20. The van der Waals surface area contributed by atoms with Crippen LogP contribution in [-0.4, -0.2) is 25.3 Å². The van der Waals surface area contributed by atoms with Gasteiger partial charge < -0.3 is 10.1 Å². The van der Waals surface area contributed by atoms with Crippen molar-refractivity contribution in [2.75, 3.05) is 13.2 Å². The van der Waals surface area contributed by atoms with E-state index >= 15 is 0 Å².